The van der Waals surface area contributed by atoms with Crippen LogP contribution in [0.4, 0.5) is 4.79 Å². The van der Waals surface area contributed by atoms with Gasteiger partial charge in [-0.05, 0) is 39.3 Å². The molecular formula is C14H25N3O3. The molecule has 2 fully saturated rings. The first kappa shape index (κ1) is 15.1. The van der Waals surface area contributed by atoms with Crippen LogP contribution in [0.3, 0.4) is 0 Å². The number of hydrogen-bond donors (Lipinski definition) is 2. The van der Waals surface area contributed by atoms with Crippen LogP contribution in [0.15, 0.2) is 0 Å². The minimum absolute atomic E-state index is 0.0114. The lowest BCUT2D eigenvalue weighted by Gasteiger charge is -2.23. The van der Waals surface area contributed by atoms with Gasteiger partial charge < -0.3 is 20.2 Å². The Morgan fingerprint density at radius 3 is 2.45 bits per heavy atom. The summed E-state index contributed by atoms with van der Waals surface area (Å²) in [6.07, 6.45) is 1.99. The number of rotatable bonds is 3. The third-order valence-electron chi connectivity index (χ3n) is 4.63. The molecule has 1 aliphatic heterocycles. The minimum Gasteiger partial charge on any atom is -0.481 e. The Morgan fingerprint density at radius 2 is 1.95 bits per heavy atom. The molecule has 6 heteroatoms. The molecular weight excluding hydrogens is 258 g/mol. The number of carbonyl (C=O) groups excluding carboxylic acids is 1. The van der Waals surface area contributed by atoms with Crippen molar-refractivity contribution in [1.82, 2.24) is 15.1 Å². The molecule has 4 atom stereocenters. The van der Waals surface area contributed by atoms with Gasteiger partial charge in [-0.15, -0.1) is 0 Å². The molecule has 0 bridgehead atoms. The first-order valence-electron chi connectivity index (χ1n) is 7.33. The van der Waals surface area contributed by atoms with Crippen LogP contribution >= 0.6 is 0 Å². The topological polar surface area (TPSA) is 72.9 Å². The molecule has 114 valence electrons. The van der Waals surface area contributed by atoms with E-state index in [0.717, 1.165) is 19.5 Å². The molecule has 0 aromatic rings. The molecule has 2 N–H and O–H groups in total. The molecule has 4 unspecified atom stereocenters. The first-order chi connectivity index (χ1) is 9.38. The zero-order valence-corrected chi connectivity index (χ0v) is 12.5. The average molecular weight is 283 g/mol. The van der Waals surface area contributed by atoms with Gasteiger partial charge in [0.05, 0.1) is 5.92 Å². The van der Waals surface area contributed by atoms with E-state index in [1.807, 2.05) is 19.0 Å². The summed E-state index contributed by atoms with van der Waals surface area (Å²) in [6.45, 7) is 3.67. The van der Waals surface area contributed by atoms with Gasteiger partial charge in [-0.2, -0.15) is 0 Å². The van der Waals surface area contributed by atoms with Crippen LogP contribution in [0, 0.1) is 11.8 Å². The van der Waals surface area contributed by atoms with Crippen LogP contribution in [0.1, 0.15) is 26.2 Å². The highest BCUT2D eigenvalue weighted by molar-refractivity contribution is 5.75. The summed E-state index contributed by atoms with van der Waals surface area (Å²) in [5, 5.41) is 12.0. The van der Waals surface area contributed by atoms with Crippen LogP contribution < -0.4 is 5.32 Å². The van der Waals surface area contributed by atoms with Crippen LogP contribution in [0.5, 0.6) is 0 Å². The zero-order valence-electron chi connectivity index (χ0n) is 12.5. The lowest BCUT2D eigenvalue weighted by Crippen LogP contribution is -2.44. The largest absolute Gasteiger partial charge is 0.481 e. The van der Waals surface area contributed by atoms with E-state index in [4.69, 9.17) is 5.11 Å². The third-order valence-corrected chi connectivity index (χ3v) is 4.63. The summed E-state index contributed by atoms with van der Waals surface area (Å²) in [5.74, 6) is -0.581. The molecule has 2 aliphatic rings. The van der Waals surface area contributed by atoms with E-state index in [0.29, 0.717) is 24.8 Å². The van der Waals surface area contributed by atoms with Crippen LogP contribution in [-0.2, 0) is 4.79 Å². The lowest BCUT2D eigenvalue weighted by molar-refractivity contribution is -0.141. The predicted octanol–water partition coefficient (Wildman–Crippen LogP) is 0.831. The normalized spacial score (nSPS) is 33.7. The van der Waals surface area contributed by atoms with Gasteiger partial charge >= 0.3 is 12.0 Å². The highest BCUT2D eigenvalue weighted by Crippen LogP contribution is 2.26. The number of carboxylic acid groups (broad SMARTS) is 1. The van der Waals surface area contributed by atoms with Gasteiger partial charge in [0.1, 0.15) is 0 Å². The maximum absolute atomic E-state index is 12.2. The van der Waals surface area contributed by atoms with E-state index in [2.05, 4.69) is 17.1 Å². The fourth-order valence-corrected chi connectivity index (χ4v) is 3.39. The Labute approximate surface area is 120 Å². The number of nitrogens with one attached hydrogen (secondary N) is 1. The molecule has 1 saturated heterocycles. The number of amides is 2. The van der Waals surface area contributed by atoms with E-state index in [1.165, 1.54) is 0 Å². The van der Waals surface area contributed by atoms with Crippen molar-refractivity contribution in [2.75, 3.05) is 27.2 Å². The Morgan fingerprint density at radius 1 is 1.25 bits per heavy atom. The van der Waals surface area contributed by atoms with Crippen molar-refractivity contribution in [3.05, 3.63) is 0 Å². The van der Waals surface area contributed by atoms with Gasteiger partial charge in [-0.25, -0.2) is 4.79 Å². The fraction of sp³-hybridized carbons (Fsp3) is 0.857. The highest BCUT2D eigenvalue weighted by Gasteiger charge is 2.36. The summed E-state index contributed by atoms with van der Waals surface area (Å²) < 4.78 is 0. The minimum atomic E-state index is -0.746. The zero-order chi connectivity index (χ0) is 14.9. The Kier molecular flexibility index (Phi) is 4.52. The maximum atomic E-state index is 12.2. The van der Waals surface area contributed by atoms with Gasteiger partial charge in [0, 0.05) is 25.2 Å². The van der Waals surface area contributed by atoms with E-state index in [1.54, 1.807) is 0 Å². The average Bonchev–Trinajstić information content (AvgIpc) is 2.95. The molecule has 1 aliphatic carbocycles. The van der Waals surface area contributed by atoms with Crippen molar-refractivity contribution in [1.29, 1.82) is 0 Å². The van der Waals surface area contributed by atoms with Crippen LogP contribution in [0.2, 0.25) is 0 Å². The molecule has 2 amide bonds. The Hall–Kier alpha value is -1.30. The highest BCUT2D eigenvalue weighted by atomic mass is 16.4. The summed E-state index contributed by atoms with van der Waals surface area (Å²) in [6, 6.07) is 0.366. The lowest BCUT2D eigenvalue weighted by atomic mass is 10.1. The number of likely N-dealkylation sites (tertiary alicyclic amines) is 1. The number of carboxylic acids is 1. The molecule has 20 heavy (non-hydrogen) atoms. The molecule has 0 aromatic carbocycles. The van der Waals surface area contributed by atoms with E-state index < -0.39 is 5.97 Å². The second kappa shape index (κ2) is 5.99. The summed E-state index contributed by atoms with van der Waals surface area (Å²) >= 11 is 0. The summed E-state index contributed by atoms with van der Waals surface area (Å²) in [4.78, 5) is 27.2. The summed E-state index contributed by atoms with van der Waals surface area (Å²) in [7, 11) is 4.08. The molecule has 6 nitrogen and oxygen atoms in total. The van der Waals surface area contributed by atoms with Crippen molar-refractivity contribution < 1.29 is 14.7 Å². The van der Waals surface area contributed by atoms with Crippen LogP contribution in [0.25, 0.3) is 0 Å². The van der Waals surface area contributed by atoms with Gasteiger partial charge in [0.25, 0.3) is 0 Å². The maximum Gasteiger partial charge on any atom is 0.317 e. The van der Waals surface area contributed by atoms with Gasteiger partial charge in [-0.3, -0.25) is 4.79 Å². The van der Waals surface area contributed by atoms with Crippen molar-refractivity contribution >= 4 is 12.0 Å². The summed E-state index contributed by atoms with van der Waals surface area (Å²) in [5.41, 5.74) is 0. The number of hydrogen-bond acceptors (Lipinski definition) is 3. The first-order valence-corrected chi connectivity index (χ1v) is 7.33. The van der Waals surface area contributed by atoms with Gasteiger partial charge in [-0.1, -0.05) is 6.92 Å². The molecule has 0 radical (unpaired) electrons. The smallest absolute Gasteiger partial charge is 0.317 e. The Balaban J connectivity index is 1.83. The second-order valence-corrected chi connectivity index (χ2v) is 6.41. The molecule has 2 rings (SSSR count). The molecule has 1 heterocycles. The molecule has 0 aromatic heterocycles. The van der Waals surface area contributed by atoms with Gasteiger partial charge in [0.15, 0.2) is 0 Å². The SMILES string of the molecule is CC1CN(C(=O)NC2CCC(C(=O)O)C2)CC1N(C)C. The fourth-order valence-electron chi connectivity index (χ4n) is 3.39. The second-order valence-electron chi connectivity index (χ2n) is 6.41. The third kappa shape index (κ3) is 3.23. The van der Waals surface area contributed by atoms with Crippen LogP contribution in [-0.4, -0.2) is 66.2 Å². The number of likely N-dealkylation sites (N-methyl/N-ethyl adjacent to an activating group) is 1. The molecule has 0 spiro atoms. The van der Waals surface area contributed by atoms with Crippen molar-refractivity contribution in [3.8, 4) is 0 Å². The van der Waals surface area contributed by atoms with Gasteiger partial charge in [0.2, 0.25) is 0 Å². The van der Waals surface area contributed by atoms with Crippen molar-refractivity contribution in [2.24, 2.45) is 11.8 Å². The number of urea groups is 1. The standard InChI is InChI=1S/C14H25N3O3/c1-9-7-17(8-12(9)16(2)3)14(20)15-11-5-4-10(6-11)13(18)19/h9-12H,4-8H2,1-3H3,(H,15,20)(H,18,19). The Bertz CT molecular complexity index is 386. The molecule has 1 saturated carbocycles. The van der Waals surface area contributed by atoms with E-state index in [-0.39, 0.29) is 18.0 Å². The van der Waals surface area contributed by atoms with E-state index >= 15 is 0 Å². The number of nitrogens with zero attached hydrogens (tertiary/aromatic N) is 2. The van der Waals surface area contributed by atoms with Crippen molar-refractivity contribution in [3.63, 3.8) is 0 Å². The number of aliphatic carboxylic acids is 1. The predicted molar refractivity (Wildman–Crippen MR) is 75.5 cm³/mol. The van der Waals surface area contributed by atoms with Crippen molar-refractivity contribution in [2.45, 2.75) is 38.3 Å². The monoisotopic (exact) mass is 283 g/mol. The van der Waals surface area contributed by atoms with E-state index in [9.17, 15) is 9.59 Å². The number of carbonyl (C=O) groups is 2. The quantitative estimate of drug-likeness (QED) is 0.805.